The number of rotatable bonds is 11. The van der Waals surface area contributed by atoms with Crippen LogP contribution >= 0.6 is 23.2 Å². The molecule has 2 aromatic carbocycles. The van der Waals surface area contributed by atoms with Gasteiger partial charge in [0.05, 0.1) is 22.3 Å². The Bertz CT molecular complexity index is 1080. The number of unbranched alkanes of at least 4 members (excludes halogenated alkanes) is 1. The average Bonchev–Trinajstić information content (AvgIpc) is 2.89. The van der Waals surface area contributed by atoms with E-state index in [0.29, 0.717) is 29.5 Å². The maximum absolute atomic E-state index is 12.0. The normalized spacial score (nSPS) is 18.0. The van der Waals surface area contributed by atoms with E-state index in [2.05, 4.69) is 9.80 Å². The molecule has 2 aliphatic heterocycles. The van der Waals surface area contributed by atoms with Crippen LogP contribution in [0.3, 0.4) is 0 Å². The van der Waals surface area contributed by atoms with E-state index in [9.17, 15) is 9.90 Å². The summed E-state index contributed by atoms with van der Waals surface area (Å²) in [5.41, 5.74) is 3.01. The molecule has 0 amide bonds. The van der Waals surface area contributed by atoms with Gasteiger partial charge >= 0.3 is 5.97 Å². The molecule has 1 saturated heterocycles. The number of carbonyl (C=O) groups excluding carboxylic acids is 1. The third-order valence-electron chi connectivity index (χ3n) is 7.12. The number of aryl methyl sites for hydroxylation is 1. The zero-order valence-electron chi connectivity index (χ0n) is 22.4. The van der Waals surface area contributed by atoms with Crippen molar-refractivity contribution in [3.8, 4) is 5.75 Å². The number of nitrogens with zero attached hydrogens (tertiary/aromatic N) is 3. The largest absolute Gasteiger partial charge is 0.494 e. The van der Waals surface area contributed by atoms with Crippen molar-refractivity contribution in [3.63, 3.8) is 0 Å². The fourth-order valence-corrected chi connectivity index (χ4v) is 5.39. The van der Waals surface area contributed by atoms with Gasteiger partial charge in [-0.1, -0.05) is 49.2 Å². The van der Waals surface area contributed by atoms with Crippen molar-refractivity contribution in [2.24, 2.45) is 5.92 Å². The summed E-state index contributed by atoms with van der Waals surface area (Å²) in [6, 6.07) is 11.8. The van der Waals surface area contributed by atoms with Gasteiger partial charge in [-0.3, -0.25) is 9.69 Å². The molecule has 0 bridgehead atoms. The molecule has 1 atom stereocenters. The van der Waals surface area contributed by atoms with Gasteiger partial charge in [-0.25, -0.2) is 0 Å². The lowest BCUT2D eigenvalue weighted by molar-refractivity contribution is -0.145. The molecule has 1 N–H and O–H groups in total. The molecule has 9 heteroatoms. The second-order valence-electron chi connectivity index (χ2n) is 10.5. The zero-order valence-corrected chi connectivity index (χ0v) is 23.9. The van der Waals surface area contributed by atoms with Crippen molar-refractivity contribution in [2.75, 3.05) is 55.9 Å². The van der Waals surface area contributed by atoms with E-state index in [1.54, 1.807) is 4.90 Å². The molecule has 2 aromatic rings. The highest BCUT2D eigenvalue weighted by molar-refractivity contribution is 6.43. The first-order valence-electron chi connectivity index (χ1n) is 13.6. The number of carbonyl (C=O) groups is 1. The Morgan fingerprint density at radius 2 is 1.87 bits per heavy atom. The van der Waals surface area contributed by atoms with Crippen molar-refractivity contribution in [1.29, 1.82) is 0 Å². The number of ether oxygens (including phenoxy) is 2. The summed E-state index contributed by atoms with van der Waals surface area (Å²) in [6.45, 7) is 9.52. The van der Waals surface area contributed by atoms with Crippen LogP contribution in [0, 0.1) is 5.92 Å². The van der Waals surface area contributed by atoms with Crippen LogP contribution in [0.5, 0.6) is 5.75 Å². The van der Waals surface area contributed by atoms with Crippen LogP contribution in [-0.4, -0.2) is 68.3 Å². The molecule has 0 radical (unpaired) electrons. The second-order valence-corrected chi connectivity index (χ2v) is 11.3. The summed E-state index contributed by atoms with van der Waals surface area (Å²) in [4.78, 5) is 18.6. The number of halogens is 2. The van der Waals surface area contributed by atoms with Crippen molar-refractivity contribution in [1.82, 2.24) is 4.90 Å². The lowest BCUT2D eigenvalue weighted by Gasteiger charge is -2.36. The standard InChI is InChI=1S/C29H39Cl2N3O4/c1-21(2)18-28(36)38-20-34-26-19-23(10-8-22(26)9-11-27(34)35)37-17-4-3-12-32-13-15-33(16-14-32)25-7-5-6-24(30)29(25)31/h5-8,10,19,21,27,35H,3-4,9,11-18,20H2,1-2H3. The van der Waals surface area contributed by atoms with Gasteiger partial charge in [0, 0.05) is 44.4 Å². The Hall–Kier alpha value is -2.19. The van der Waals surface area contributed by atoms with Crippen LogP contribution in [-0.2, 0) is 16.0 Å². The SMILES string of the molecule is CC(C)CC(=O)OCN1c2cc(OCCCCN3CCN(c4cccc(Cl)c4Cl)CC3)ccc2CCC1O. The second kappa shape index (κ2) is 13.7. The van der Waals surface area contributed by atoms with E-state index in [1.807, 2.05) is 50.2 Å². The minimum atomic E-state index is -0.681. The minimum Gasteiger partial charge on any atom is -0.494 e. The molecule has 38 heavy (non-hydrogen) atoms. The van der Waals surface area contributed by atoms with Gasteiger partial charge in [-0.15, -0.1) is 0 Å². The molecule has 0 saturated carbocycles. The van der Waals surface area contributed by atoms with Crippen molar-refractivity contribution >= 4 is 40.5 Å². The molecule has 7 nitrogen and oxygen atoms in total. The van der Waals surface area contributed by atoms with Gasteiger partial charge in [-0.05, 0) is 61.9 Å². The van der Waals surface area contributed by atoms with Crippen LogP contribution in [0.4, 0.5) is 11.4 Å². The number of esters is 1. The van der Waals surface area contributed by atoms with Crippen LogP contribution in [0.15, 0.2) is 36.4 Å². The molecule has 1 unspecified atom stereocenters. The summed E-state index contributed by atoms with van der Waals surface area (Å²) in [5, 5.41) is 11.8. The first kappa shape index (κ1) is 28.8. The van der Waals surface area contributed by atoms with Crippen molar-refractivity contribution in [3.05, 3.63) is 52.0 Å². The summed E-state index contributed by atoms with van der Waals surface area (Å²) in [7, 11) is 0. The molecular formula is C29H39Cl2N3O4. The average molecular weight is 565 g/mol. The predicted octanol–water partition coefficient (Wildman–Crippen LogP) is 5.59. The first-order chi connectivity index (χ1) is 18.3. The number of hydrogen-bond donors (Lipinski definition) is 1. The van der Waals surface area contributed by atoms with Crippen LogP contribution in [0.2, 0.25) is 10.0 Å². The number of benzene rings is 2. The van der Waals surface area contributed by atoms with E-state index in [4.69, 9.17) is 32.7 Å². The van der Waals surface area contributed by atoms with Gasteiger partial charge in [-0.2, -0.15) is 0 Å². The molecule has 1 fully saturated rings. The van der Waals surface area contributed by atoms with Crippen molar-refractivity contribution in [2.45, 2.75) is 52.2 Å². The Balaban J connectivity index is 1.20. The van der Waals surface area contributed by atoms with Gasteiger partial charge < -0.3 is 24.4 Å². The van der Waals surface area contributed by atoms with Crippen LogP contribution < -0.4 is 14.5 Å². The molecule has 4 rings (SSSR count). The third kappa shape index (κ3) is 7.69. The molecule has 2 heterocycles. The Labute approximate surface area is 236 Å². The minimum absolute atomic E-state index is 0.0416. The van der Waals surface area contributed by atoms with Crippen molar-refractivity contribution < 1.29 is 19.4 Å². The Morgan fingerprint density at radius 1 is 1.08 bits per heavy atom. The molecule has 208 valence electrons. The number of fused-ring (bicyclic) bond motifs is 1. The maximum atomic E-state index is 12.0. The molecule has 0 spiro atoms. The van der Waals surface area contributed by atoms with Crippen LogP contribution in [0.1, 0.15) is 45.1 Å². The van der Waals surface area contributed by atoms with E-state index >= 15 is 0 Å². The monoisotopic (exact) mass is 563 g/mol. The molecular weight excluding hydrogens is 525 g/mol. The smallest absolute Gasteiger partial charge is 0.307 e. The quantitative estimate of drug-likeness (QED) is 0.282. The molecule has 2 aliphatic rings. The first-order valence-corrected chi connectivity index (χ1v) is 14.3. The van der Waals surface area contributed by atoms with E-state index < -0.39 is 6.23 Å². The lowest BCUT2D eigenvalue weighted by atomic mass is 10.0. The lowest BCUT2D eigenvalue weighted by Crippen LogP contribution is -2.46. The number of anilines is 2. The highest BCUT2D eigenvalue weighted by atomic mass is 35.5. The van der Waals surface area contributed by atoms with Gasteiger partial charge in [0.15, 0.2) is 6.73 Å². The third-order valence-corrected chi connectivity index (χ3v) is 7.93. The summed E-state index contributed by atoms with van der Waals surface area (Å²) in [6.07, 6.45) is 3.08. The number of aliphatic hydroxyl groups is 1. The summed E-state index contributed by atoms with van der Waals surface area (Å²) >= 11 is 12.6. The van der Waals surface area contributed by atoms with E-state index in [-0.39, 0.29) is 18.6 Å². The predicted molar refractivity (Wildman–Crippen MR) is 154 cm³/mol. The fraction of sp³-hybridized carbons (Fsp3) is 0.552. The molecule has 0 aliphatic carbocycles. The van der Waals surface area contributed by atoms with Gasteiger partial charge in [0.25, 0.3) is 0 Å². The van der Waals surface area contributed by atoms with E-state index in [0.717, 1.165) is 74.7 Å². The fourth-order valence-electron chi connectivity index (χ4n) is 4.98. The summed E-state index contributed by atoms with van der Waals surface area (Å²) in [5.74, 6) is 0.753. The van der Waals surface area contributed by atoms with E-state index in [1.165, 1.54) is 0 Å². The van der Waals surface area contributed by atoms with Gasteiger partial charge in [0.2, 0.25) is 0 Å². The van der Waals surface area contributed by atoms with Crippen LogP contribution in [0.25, 0.3) is 0 Å². The zero-order chi connectivity index (χ0) is 27.1. The van der Waals surface area contributed by atoms with Gasteiger partial charge in [0.1, 0.15) is 12.0 Å². The Kier molecular flexibility index (Phi) is 10.4. The number of aliphatic hydroxyl groups excluding tert-OH is 1. The number of hydrogen-bond acceptors (Lipinski definition) is 7. The Morgan fingerprint density at radius 3 is 2.63 bits per heavy atom. The maximum Gasteiger partial charge on any atom is 0.307 e. The number of piperazine rings is 1. The molecule has 0 aromatic heterocycles. The highest BCUT2D eigenvalue weighted by Crippen LogP contribution is 2.34. The summed E-state index contributed by atoms with van der Waals surface area (Å²) < 4.78 is 11.5. The topological polar surface area (TPSA) is 65.5 Å². The highest BCUT2D eigenvalue weighted by Gasteiger charge is 2.26.